The van der Waals surface area contributed by atoms with Gasteiger partial charge in [-0.25, -0.2) is 8.42 Å². The summed E-state index contributed by atoms with van der Waals surface area (Å²) in [4.78, 5) is 12.4. The van der Waals surface area contributed by atoms with Crippen LogP contribution in [0.4, 0.5) is 0 Å². The summed E-state index contributed by atoms with van der Waals surface area (Å²) in [7, 11) is -2.90. The fourth-order valence-corrected chi connectivity index (χ4v) is 5.80. The van der Waals surface area contributed by atoms with Crippen LogP contribution in [0.5, 0.6) is 0 Å². The Morgan fingerprint density at radius 1 is 1.09 bits per heavy atom. The Bertz CT molecular complexity index is 501. The summed E-state index contributed by atoms with van der Waals surface area (Å²) in [6, 6.07) is 0.177. The Hall–Kier alpha value is -0.580. The van der Waals surface area contributed by atoms with Crippen LogP contribution < -0.4 is 5.32 Å². The molecule has 0 aromatic rings. The van der Waals surface area contributed by atoms with Crippen molar-refractivity contribution in [3.63, 3.8) is 0 Å². The highest BCUT2D eigenvalue weighted by Gasteiger charge is 2.32. The summed E-state index contributed by atoms with van der Waals surface area (Å²) in [6.45, 7) is 6.54. The van der Waals surface area contributed by atoms with Crippen molar-refractivity contribution in [2.45, 2.75) is 78.2 Å². The molecule has 0 spiro atoms. The molecule has 1 aliphatic heterocycles. The lowest BCUT2D eigenvalue weighted by molar-refractivity contribution is -0.123. The summed E-state index contributed by atoms with van der Waals surface area (Å²) in [5.41, 5.74) is 0.0366. The van der Waals surface area contributed by atoms with E-state index in [-0.39, 0.29) is 34.8 Å². The van der Waals surface area contributed by atoms with Gasteiger partial charge in [0.2, 0.25) is 5.91 Å². The number of carbonyl (C=O) groups is 1. The number of sulfone groups is 1. The molecule has 0 bridgehead atoms. The molecule has 23 heavy (non-hydrogen) atoms. The molecule has 1 heterocycles. The van der Waals surface area contributed by atoms with Crippen molar-refractivity contribution in [1.29, 1.82) is 0 Å². The molecule has 4 nitrogen and oxygen atoms in total. The lowest BCUT2D eigenvalue weighted by atomic mass is 9.77. The fourth-order valence-electron chi connectivity index (χ4n) is 3.93. The quantitative estimate of drug-likeness (QED) is 0.833. The Balaban J connectivity index is 1.88. The molecule has 2 atom stereocenters. The first-order chi connectivity index (χ1) is 10.7. The molecule has 134 valence electrons. The molecular formula is C18H33NO3S. The Morgan fingerprint density at radius 2 is 1.74 bits per heavy atom. The third kappa shape index (κ3) is 6.09. The average molecular weight is 344 g/mol. The largest absolute Gasteiger partial charge is 0.353 e. The van der Waals surface area contributed by atoms with Crippen LogP contribution in [0.25, 0.3) is 0 Å². The van der Waals surface area contributed by atoms with Gasteiger partial charge >= 0.3 is 0 Å². The molecule has 1 saturated heterocycles. The normalized spacial score (nSPS) is 26.8. The molecule has 1 N–H and O–H groups in total. The summed E-state index contributed by atoms with van der Waals surface area (Å²) in [6.07, 6.45) is 8.59. The van der Waals surface area contributed by atoms with E-state index in [2.05, 4.69) is 26.1 Å². The minimum atomic E-state index is -2.90. The van der Waals surface area contributed by atoms with Crippen LogP contribution >= 0.6 is 0 Å². The van der Waals surface area contributed by atoms with Gasteiger partial charge in [-0.1, -0.05) is 52.9 Å². The van der Waals surface area contributed by atoms with Crippen molar-refractivity contribution < 1.29 is 13.2 Å². The zero-order valence-corrected chi connectivity index (χ0v) is 15.8. The number of hydrogen-bond donors (Lipinski definition) is 1. The Labute approximate surface area is 141 Å². The lowest BCUT2D eigenvalue weighted by Crippen LogP contribution is -2.45. The average Bonchev–Trinajstić information content (AvgIpc) is 2.77. The third-order valence-electron chi connectivity index (χ3n) is 5.48. The molecule has 2 fully saturated rings. The summed E-state index contributed by atoms with van der Waals surface area (Å²) >= 11 is 0. The molecule has 2 rings (SSSR count). The standard InChI is InChI=1S/C18H33NO3S/c1-18(2,3)16(11-14-7-5-4-6-8-14)19-17(20)12-15-9-10-23(21,22)13-15/h14-16H,4-13H2,1-3H3,(H,19,20). The van der Waals surface area contributed by atoms with Crippen molar-refractivity contribution in [2.24, 2.45) is 17.3 Å². The van der Waals surface area contributed by atoms with Crippen LogP contribution in [0.15, 0.2) is 0 Å². The highest BCUT2D eigenvalue weighted by Crippen LogP contribution is 2.32. The van der Waals surface area contributed by atoms with Gasteiger partial charge < -0.3 is 5.32 Å². The fraction of sp³-hybridized carbons (Fsp3) is 0.944. The van der Waals surface area contributed by atoms with E-state index in [0.29, 0.717) is 12.8 Å². The van der Waals surface area contributed by atoms with Gasteiger partial charge in [-0.15, -0.1) is 0 Å². The van der Waals surface area contributed by atoms with Gasteiger partial charge in [0.1, 0.15) is 0 Å². The molecule has 0 aromatic carbocycles. The summed E-state index contributed by atoms with van der Waals surface area (Å²) in [5.74, 6) is 1.19. The maximum absolute atomic E-state index is 12.4. The van der Waals surface area contributed by atoms with Crippen LogP contribution in [0.3, 0.4) is 0 Å². The Kier molecular flexibility index (Phi) is 6.15. The first kappa shape index (κ1) is 18.8. The highest BCUT2D eigenvalue weighted by atomic mass is 32.2. The molecule has 1 aliphatic carbocycles. The van der Waals surface area contributed by atoms with Gasteiger partial charge in [-0.05, 0) is 30.1 Å². The van der Waals surface area contributed by atoms with E-state index in [9.17, 15) is 13.2 Å². The zero-order valence-electron chi connectivity index (χ0n) is 14.9. The van der Waals surface area contributed by atoms with Crippen molar-refractivity contribution >= 4 is 15.7 Å². The second-order valence-corrected chi connectivity index (χ2v) is 10.9. The second kappa shape index (κ2) is 7.54. The van der Waals surface area contributed by atoms with Gasteiger partial charge in [0.15, 0.2) is 9.84 Å². The number of hydrogen-bond acceptors (Lipinski definition) is 3. The van der Waals surface area contributed by atoms with Crippen molar-refractivity contribution in [3.05, 3.63) is 0 Å². The molecule has 0 radical (unpaired) electrons. The predicted octanol–water partition coefficient (Wildman–Crippen LogP) is 3.31. The zero-order chi connectivity index (χ0) is 17.1. The minimum Gasteiger partial charge on any atom is -0.353 e. The molecule has 0 aromatic heterocycles. The SMILES string of the molecule is CC(C)(C)C(CC1CCCCC1)NC(=O)CC1CCS(=O)(=O)C1. The highest BCUT2D eigenvalue weighted by molar-refractivity contribution is 7.91. The topological polar surface area (TPSA) is 63.2 Å². The van der Waals surface area contributed by atoms with Crippen LogP contribution in [-0.2, 0) is 14.6 Å². The van der Waals surface area contributed by atoms with Crippen LogP contribution in [0.1, 0.15) is 72.1 Å². The van der Waals surface area contributed by atoms with Crippen molar-refractivity contribution in [1.82, 2.24) is 5.32 Å². The minimum absolute atomic E-state index is 0.00954. The molecule has 2 unspecified atom stereocenters. The molecule has 2 aliphatic rings. The van der Waals surface area contributed by atoms with E-state index in [1.54, 1.807) is 0 Å². The molecular weight excluding hydrogens is 310 g/mol. The van der Waals surface area contributed by atoms with Crippen LogP contribution in [0.2, 0.25) is 0 Å². The van der Waals surface area contributed by atoms with Gasteiger partial charge in [-0.3, -0.25) is 4.79 Å². The van der Waals surface area contributed by atoms with E-state index in [1.165, 1.54) is 32.1 Å². The van der Waals surface area contributed by atoms with Crippen molar-refractivity contribution in [3.8, 4) is 0 Å². The number of rotatable bonds is 5. The van der Waals surface area contributed by atoms with Gasteiger partial charge in [0, 0.05) is 12.5 Å². The molecule has 1 amide bonds. The van der Waals surface area contributed by atoms with E-state index < -0.39 is 9.84 Å². The summed E-state index contributed by atoms with van der Waals surface area (Å²) < 4.78 is 23.1. The van der Waals surface area contributed by atoms with Gasteiger partial charge in [0.25, 0.3) is 0 Å². The number of nitrogens with one attached hydrogen (secondary N) is 1. The monoisotopic (exact) mass is 343 g/mol. The van der Waals surface area contributed by atoms with Crippen LogP contribution in [0, 0.1) is 17.3 Å². The van der Waals surface area contributed by atoms with E-state index in [0.717, 1.165) is 12.3 Å². The van der Waals surface area contributed by atoms with E-state index in [1.807, 2.05) is 0 Å². The maximum Gasteiger partial charge on any atom is 0.220 e. The van der Waals surface area contributed by atoms with Gasteiger partial charge in [0.05, 0.1) is 11.5 Å². The lowest BCUT2D eigenvalue weighted by Gasteiger charge is -2.35. The predicted molar refractivity (Wildman–Crippen MR) is 94.0 cm³/mol. The van der Waals surface area contributed by atoms with E-state index >= 15 is 0 Å². The first-order valence-corrected chi connectivity index (χ1v) is 11.0. The second-order valence-electron chi connectivity index (χ2n) is 8.70. The molecule has 1 saturated carbocycles. The van der Waals surface area contributed by atoms with Gasteiger partial charge in [-0.2, -0.15) is 0 Å². The van der Waals surface area contributed by atoms with E-state index in [4.69, 9.17) is 0 Å². The number of amides is 1. The number of carbonyl (C=O) groups excluding carboxylic acids is 1. The van der Waals surface area contributed by atoms with Crippen LogP contribution in [-0.4, -0.2) is 31.9 Å². The molecule has 5 heteroatoms. The Morgan fingerprint density at radius 3 is 2.26 bits per heavy atom. The smallest absolute Gasteiger partial charge is 0.220 e. The first-order valence-electron chi connectivity index (χ1n) is 9.15. The summed E-state index contributed by atoms with van der Waals surface area (Å²) in [5, 5.41) is 3.22. The van der Waals surface area contributed by atoms with Crippen molar-refractivity contribution in [2.75, 3.05) is 11.5 Å². The third-order valence-corrected chi connectivity index (χ3v) is 7.31. The maximum atomic E-state index is 12.4.